The molecule has 9 heavy (non-hydrogen) atoms. The van der Waals surface area contributed by atoms with Gasteiger partial charge < -0.3 is 0 Å². The second-order valence-corrected chi connectivity index (χ2v) is 7.05. The zero-order valence-electron chi connectivity index (χ0n) is 5.29. The normalized spacial score (nSPS) is 28.0. The van der Waals surface area contributed by atoms with Gasteiger partial charge in [-0.2, -0.15) is 0 Å². The summed E-state index contributed by atoms with van der Waals surface area (Å²) in [5.74, 6) is 1.45. The van der Waals surface area contributed by atoms with Crippen LogP contribution >= 0.6 is 11.8 Å². The van der Waals surface area contributed by atoms with Crippen molar-refractivity contribution < 1.29 is 0 Å². The van der Waals surface area contributed by atoms with Gasteiger partial charge >= 0.3 is 88.6 Å². The Bertz CT molecular complexity index is 83.1. The first kappa shape index (κ1) is 9.02. The van der Waals surface area contributed by atoms with Crippen molar-refractivity contribution in [2.24, 2.45) is 0 Å². The molecule has 0 aromatic carbocycles. The summed E-state index contributed by atoms with van der Waals surface area (Å²) in [6.45, 7) is 0. The third-order valence-corrected chi connectivity index (χ3v) is 4.47. The van der Waals surface area contributed by atoms with Gasteiger partial charge in [-0.05, 0) is 0 Å². The topological polar surface area (TPSA) is 0 Å². The molecule has 0 aliphatic carbocycles. The number of hydrogen-bond donors (Lipinski definition) is 0. The summed E-state index contributed by atoms with van der Waals surface area (Å²) in [4.78, 5) is 0. The first-order chi connectivity index (χ1) is 4.33. The second kappa shape index (κ2) is 4.74. The molecule has 1 rings (SSSR count). The number of rotatable bonds is 4. The summed E-state index contributed by atoms with van der Waals surface area (Å²) in [7, 11) is 0. The molecule has 0 N–H and O–H groups in total. The van der Waals surface area contributed by atoms with Crippen LogP contribution in [0.1, 0.15) is 12.8 Å². The van der Waals surface area contributed by atoms with E-state index in [1.807, 2.05) is 44.6 Å². The Hall–Kier alpha value is 1.93. The van der Waals surface area contributed by atoms with Crippen molar-refractivity contribution in [1.82, 2.24) is 0 Å². The van der Waals surface area contributed by atoms with Crippen LogP contribution in [0.4, 0.5) is 0 Å². The van der Waals surface area contributed by atoms with Crippen LogP contribution in [0.5, 0.6) is 0 Å². The van der Waals surface area contributed by atoms with E-state index in [0.29, 0.717) is 0 Å². The molecular weight excluding hydrogens is 359 g/mol. The van der Waals surface area contributed by atoms with Gasteiger partial charge in [-0.25, -0.2) is 0 Å². The molecule has 0 amide bonds. The van der Waals surface area contributed by atoms with Gasteiger partial charge in [0.15, 0.2) is 0 Å². The van der Waals surface area contributed by atoms with Crippen LogP contribution in [-0.4, -0.2) is 55.6 Å². The van der Waals surface area contributed by atoms with Crippen molar-refractivity contribution in [3.05, 3.63) is 0 Å². The molecule has 2 unspecified atom stereocenters. The summed E-state index contributed by atoms with van der Waals surface area (Å²) in [6, 6.07) is 0. The molecule has 1 fully saturated rings. The van der Waals surface area contributed by atoms with Crippen LogP contribution < -0.4 is 0 Å². The molecule has 54 valence electrons. The molecule has 2 atom stereocenters. The van der Waals surface area contributed by atoms with Crippen molar-refractivity contribution in [1.29, 1.82) is 0 Å². The maximum absolute atomic E-state index is 2.13. The minimum absolute atomic E-state index is 1.04. The number of thioether (sulfide) groups is 1. The summed E-state index contributed by atoms with van der Waals surface area (Å²) in [5.41, 5.74) is 0. The second-order valence-electron chi connectivity index (χ2n) is 2.36. The van der Waals surface area contributed by atoms with Crippen molar-refractivity contribution in [2.75, 3.05) is 5.75 Å². The molecule has 1 aliphatic heterocycles. The predicted molar refractivity (Wildman–Crippen MR) is 48.3 cm³/mol. The summed E-state index contributed by atoms with van der Waals surface area (Å²) >= 11 is 6.14. The van der Waals surface area contributed by atoms with Gasteiger partial charge in [0.1, 0.15) is 0 Å². The van der Waals surface area contributed by atoms with Crippen LogP contribution in [0.2, 0.25) is 8.43 Å². The molecule has 0 saturated carbocycles. The maximum atomic E-state index is 2.13. The molecule has 3 heteroatoms. The Morgan fingerprint density at radius 1 is 1.67 bits per heavy atom. The molecule has 0 aromatic rings. The van der Waals surface area contributed by atoms with E-state index in [-0.39, 0.29) is 0 Å². The van der Waals surface area contributed by atoms with E-state index in [1.165, 1.54) is 23.1 Å². The molecule has 0 aromatic heterocycles. The van der Waals surface area contributed by atoms with E-state index in [1.54, 1.807) is 0 Å². The van der Waals surface area contributed by atoms with Crippen molar-refractivity contribution in [3.8, 4) is 0 Å². The summed E-state index contributed by atoms with van der Waals surface area (Å²) < 4.78 is 2.47. The van der Waals surface area contributed by atoms with E-state index in [2.05, 4.69) is 11.8 Å². The molecule has 0 spiro atoms. The van der Waals surface area contributed by atoms with E-state index in [0.717, 1.165) is 9.22 Å². The summed E-state index contributed by atoms with van der Waals surface area (Å²) in [6.07, 6.45) is 2.97. The van der Waals surface area contributed by atoms with Crippen LogP contribution in [0.25, 0.3) is 0 Å². The van der Waals surface area contributed by atoms with E-state index in [9.17, 15) is 0 Å². The summed E-state index contributed by atoms with van der Waals surface area (Å²) in [5, 5.41) is 1.07. The van der Waals surface area contributed by atoms with Crippen molar-refractivity contribution in [2.45, 2.75) is 26.5 Å². The van der Waals surface area contributed by atoms with E-state index in [4.69, 9.17) is 0 Å². The van der Waals surface area contributed by atoms with Crippen LogP contribution in [0, 0.1) is 0 Å². The first-order valence-corrected chi connectivity index (χ1v) is 7.56. The van der Waals surface area contributed by atoms with E-state index < -0.39 is 0 Å². The fraction of sp³-hybridized carbons (Fsp3) is 1.00. The minimum atomic E-state index is 1.04. The third kappa shape index (κ3) is 4.39. The van der Waals surface area contributed by atoms with Gasteiger partial charge in [-0.15, -0.1) is 0 Å². The van der Waals surface area contributed by atoms with Gasteiger partial charge in [-0.1, -0.05) is 0 Å². The Morgan fingerprint density at radius 2 is 2.33 bits per heavy atom. The van der Waals surface area contributed by atoms with Gasteiger partial charge in [0.05, 0.1) is 0 Å². The molecule has 0 radical (unpaired) electrons. The zero-order chi connectivity index (χ0) is 6.69. The van der Waals surface area contributed by atoms with Gasteiger partial charge in [0, 0.05) is 0 Å². The zero-order valence-corrected chi connectivity index (χ0v) is 11.2. The predicted octanol–water partition coefficient (Wildman–Crippen LogP) is 0.890. The fourth-order valence-electron chi connectivity index (χ4n) is 0.774. The van der Waals surface area contributed by atoms with Crippen molar-refractivity contribution >= 4 is 56.4 Å². The molecule has 1 saturated heterocycles. The number of hydrogen-bond acceptors (Lipinski definition) is 1. The van der Waals surface area contributed by atoms with E-state index >= 15 is 0 Å². The molecule has 0 nitrogen and oxygen atoms in total. The van der Waals surface area contributed by atoms with Crippen LogP contribution in [-0.2, 0) is 0 Å². The first-order valence-electron chi connectivity index (χ1n) is 3.23. The van der Waals surface area contributed by atoms with Gasteiger partial charge in [-0.3, -0.25) is 0 Å². The molecule has 0 bridgehead atoms. The monoisotopic (exact) mass is 376 g/mol. The Labute approximate surface area is 87.7 Å². The Kier molecular flexibility index (Phi) is 4.75. The molecule has 1 heterocycles. The standard InChI is InChI=1S/C6H12STe2/c8-2-1-6(9)3-5-4-7-5/h5-6,8-9H,1-4H2. The van der Waals surface area contributed by atoms with Gasteiger partial charge in [0.2, 0.25) is 0 Å². The van der Waals surface area contributed by atoms with Gasteiger partial charge in [0.25, 0.3) is 0 Å². The van der Waals surface area contributed by atoms with Crippen molar-refractivity contribution in [3.63, 3.8) is 0 Å². The quantitative estimate of drug-likeness (QED) is 0.523. The third-order valence-electron chi connectivity index (χ3n) is 1.40. The van der Waals surface area contributed by atoms with Crippen LogP contribution in [0.15, 0.2) is 0 Å². The molecular formula is C6H12STe2. The SMILES string of the molecule is [TeH]CCC([TeH])CC1CS1. The Balaban J connectivity index is 1.95. The Morgan fingerprint density at radius 3 is 2.78 bits per heavy atom. The average Bonchev–Trinajstić information content (AvgIpc) is 2.50. The molecule has 1 aliphatic rings. The van der Waals surface area contributed by atoms with Crippen LogP contribution in [0.3, 0.4) is 0 Å². The fourth-order valence-corrected chi connectivity index (χ4v) is 5.63. The average molecular weight is 371 g/mol.